The number of rotatable bonds is 7. The molecule has 0 aliphatic heterocycles. The van der Waals surface area contributed by atoms with Crippen LogP contribution < -0.4 is 0 Å². The maximum atomic E-state index is 8.60. The van der Waals surface area contributed by atoms with Gasteiger partial charge in [0.1, 0.15) is 0 Å². The molecule has 1 aliphatic carbocycles. The van der Waals surface area contributed by atoms with Crippen molar-refractivity contribution < 1.29 is 4.74 Å². The molecule has 0 atom stereocenters. The average Bonchev–Trinajstić information content (AvgIpc) is 2.86. The van der Waals surface area contributed by atoms with E-state index in [0.717, 1.165) is 19.4 Å². The Bertz CT molecular complexity index is 184. The molecule has 0 bridgehead atoms. The molecule has 0 aromatic carbocycles. The summed E-state index contributed by atoms with van der Waals surface area (Å²) in [6.45, 7) is 0.859. The zero-order chi connectivity index (χ0) is 9.57. The molecule has 0 heterocycles. The fourth-order valence-corrected chi connectivity index (χ4v) is 2.60. The van der Waals surface area contributed by atoms with Gasteiger partial charge >= 0.3 is 0 Å². The predicted molar refractivity (Wildman–Crippen MR) is 55.7 cm³/mol. The first kappa shape index (κ1) is 10.9. The van der Waals surface area contributed by atoms with E-state index in [4.69, 9.17) is 10.00 Å². The fraction of sp³-hybridized carbons (Fsp3) is 0.900. The summed E-state index contributed by atoms with van der Waals surface area (Å²) < 4.78 is 4.97. The van der Waals surface area contributed by atoms with Crippen LogP contribution >= 0.6 is 11.8 Å². The molecule has 13 heavy (non-hydrogen) atoms. The van der Waals surface area contributed by atoms with Crippen molar-refractivity contribution in [3.63, 3.8) is 0 Å². The van der Waals surface area contributed by atoms with Crippen molar-refractivity contribution in [1.29, 1.82) is 5.26 Å². The molecule has 0 saturated heterocycles. The molecule has 1 rings (SSSR count). The Hall–Kier alpha value is -0.200. The first-order valence-corrected chi connectivity index (χ1v) is 5.92. The molecule has 0 aromatic rings. The van der Waals surface area contributed by atoms with Gasteiger partial charge in [-0.3, -0.25) is 0 Å². The maximum absolute atomic E-state index is 8.60. The minimum Gasteiger partial charge on any atom is -0.385 e. The summed E-state index contributed by atoms with van der Waals surface area (Å²) in [7, 11) is 1.74. The van der Waals surface area contributed by atoms with Crippen LogP contribution in [0.1, 0.15) is 25.7 Å². The number of hydrogen-bond acceptors (Lipinski definition) is 3. The highest BCUT2D eigenvalue weighted by Crippen LogP contribution is 2.50. The van der Waals surface area contributed by atoms with Gasteiger partial charge in [0.15, 0.2) is 0 Å². The van der Waals surface area contributed by atoms with Gasteiger partial charge in [0.25, 0.3) is 0 Å². The van der Waals surface area contributed by atoms with Crippen LogP contribution in [0.15, 0.2) is 0 Å². The standard InChI is InChI=1S/C10H17NOS/c1-12-7-2-8-13-9-10(3-4-10)5-6-11/h2-5,7-9H2,1H3. The summed E-state index contributed by atoms with van der Waals surface area (Å²) in [6.07, 6.45) is 4.41. The van der Waals surface area contributed by atoms with Crippen LogP contribution in [0.25, 0.3) is 0 Å². The van der Waals surface area contributed by atoms with E-state index in [1.807, 2.05) is 11.8 Å². The summed E-state index contributed by atoms with van der Waals surface area (Å²) in [5.41, 5.74) is 0.409. The SMILES string of the molecule is COCCCSCC1(CC#N)CC1. The molecule has 0 N–H and O–H groups in total. The smallest absolute Gasteiger partial charge is 0.0627 e. The van der Waals surface area contributed by atoms with E-state index in [-0.39, 0.29) is 0 Å². The molecular weight excluding hydrogens is 182 g/mol. The number of nitriles is 1. The average molecular weight is 199 g/mol. The topological polar surface area (TPSA) is 33.0 Å². The van der Waals surface area contributed by atoms with Crippen molar-refractivity contribution in [3.05, 3.63) is 0 Å². The van der Waals surface area contributed by atoms with Crippen molar-refractivity contribution in [2.24, 2.45) is 5.41 Å². The molecule has 0 amide bonds. The molecule has 1 saturated carbocycles. The van der Waals surface area contributed by atoms with Gasteiger partial charge in [0, 0.05) is 20.1 Å². The summed E-state index contributed by atoms with van der Waals surface area (Å²) in [6, 6.07) is 2.28. The Morgan fingerprint density at radius 1 is 1.54 bits per heavy atom. The molecule has 74 valence electrons. The Morgan fingerprint density at radius 3 is 2.85 bits per heavy atom. The number of methoxy groups -OCH3 is 1. The lowest BCUT2D eigenvalue weighted by atomic mass is 10.1. The van der Waals surface area contributed by atoms with E-state index >= 15 is 0 Å². The lowest BCUT2D eigenvalue weighted by molar-refractivity contribution is 0.200. The molecular formula is C10H17NOS. The maximum Gasteiger partial charge on any atom is 0.0627 e. The summed E-state index contributed by atoms with van der Waals surface area (Å²) in [5, 5.41) is 8.60. The van der Waals surface area contributed by atoms with Gasteiger partial charge in [-0.15, -0.1) is 0 Å². The second kappa shape index (κ2) is 5.51. The number of thioether (sulfide) groups is 1. The summed E-state index contributed by atoms with van der Waals surface area (Å²) in [5.74, 6) is 2.34. The third-order valence-corrected chi connectivity index (χ3v) is 3.85. The largest absolute Gasteiger partial charge is 0.385 e. The third kappa shape index (κ3) is 4.02. The van der Waals surface area contributed by atoms with E-state index in [1.165, 1.54) is 24.3 Å². The zero-order valence-corrected chi connectivity index (χ0v) is 9.03. The van der Waals surface area contributed by atoms with Gasteiger partial charge in [-0.25, -0.2) is 0 Å². The lowest BCUT2D eigenvalue weighted by Gasteiger charge is -2.09. The Labute approximate surface area is 84.6 Å². The van der Waals surface area contributed by atoms with Crippen LogP contribution in [0.5, 0.6) is 0 Å². The number of hydrogen-bond donors (Lipinski definition) is 0. The summed E-state index contributed by atoms with van der Waals surface area (Å²) in [4.78, 5) is 0. The first-order valence-electron chi connectivity index (χ1n) is 4.77. The molecule has 0 spiro atoms. The second-order valence-electron chi connectivity index (χ2n) is 3.73. The quantitative estimate of drug-likeness (QED) is 0.590. The van der Waals surface area contributed by atoms with Gasteiger partial charge < -0.3 is 4.74 Å². The highest BCUT2D eigenvalue weighted by atomic mass is 32.2. The molecule has 2 nitrogen and oxygen atoms in total. The van der Waals surface area contributed by atoms with E-state index in [9.17, 15) is 0 Å². The number of nitrogens with zero attached hydrogens (tertiary/aromatic N) is 1. The van der Waals surface area contributed by atoms with Crippen molar-refractivity contribution in [1.82, 2.24) is 0 Å². The molecule has 0 unspecified atom stereocenters. The highest BCUT2D eigenvalue weighted by Gasteiger charge is 2.41. The van der Waals surface area contributed by atoms with Crippen LogP contribution in [0.2, 0.25) is 0 Å². The van der Waals surface area contributed by atoms with Gasteiger partial charge in [0.05, 0.1) is 6.07 Å². The van der Waals surface area contributed by atoms with Gasteiger partial charge in [-0.2, -0.15) is 17.0 Å². The van der Waals surface area contributed by atoms with Gasteiger partial charge in [0.2, 0.25) is 0 Å². The van der Waals surface area contributed by atoms with Crippen molar-refractivity contribution >= 4 is 11.8 Å². The van der Waals surface area contributed by atoms with E-state index in [1.54, 1.807) is 7.11 Å². The fourth-order valence-electron chi connectivity index (χ4n) is 1.31. The Kier molecular flexibility index (Phi) is 4.61. The zero-order valence-electron chi connectivity index (χ0n) is 8.21. The molecule has 0 aromatic heterocycles. The third-order valence-electron chi connectivity index (χ3n) is 2.46. The Morgan fingerprint density at radius 2 is 2.31 bits per heavy atom. The van der Waals surface area contributed by atoms with E-state index in [0.29, 0.717) is 5.41 Å². The van der Waals surface area contributed by atoms with E-state index in [2.05, 4.69) is 6.07 Å². The van der Waals surface area contributed by atoms with Crippen molar-refractivity contribution in [3.8, 4) is 6.07 Å². The van der Waals surface area contributed by atoms with Crippen molar-refractivity contribution in [2.75, 3.05) is 25.2 Å². The second-order valence-corrected chi connectivity index (χ2v) is 4.84. The van der Waals surface area contributed by atoms with Crippen LogP contribution in [0.4, 0.5) is 0 Å². The first-order chi connectivity index (χ1) is 6.33. The molecule has 1 aliphatic rings. The van der Waals surface area contributed by atoms with Crippen LogP contribution in [-0.4, -0.2) is 25.2 Å². The normalized spacial score (nSPS) is 18.2. The van der Waals surface area contributed by atoms with Crippen LogP contribution in [-0.2, 0) is 4.74 Å². The monoisotopic (exact) mass is 199 g/mol. The van der Waals surface area contributed by atoms with Gasteiger partial charge in [-0.1, -0.05) is 0 Å². The summed E-state index contributed by atoms with van der Waals surface area (Å²) >= 11 is 1.97. The predicted octanol–water partition coefficient (Wildman–Crippen LogP) is 2.45. The van der Waals surface area contributed by atoms with Crippen LogP contribution in [0, 0.1) is 16.7 Å². The highest BCUT2D eigenvalue weighted by molar-refractivity contribution is 7.99. The van der Waals surface area contributed by atoms with E-state index < -0.39 is 0 Å². The number of ether oxygens (including phenoxy) is 1. The van der Waals surface area contributed by atoms with Crippen molar-refractivity contribution in [2.45, 2.75) is 25.7 Å². The minimum atomic E-state index is 0.409. The van der Waals surface area contributed by atoms with Crippen LogP contribution in [0.3, 0.4) is 0 Å². The van der Waals surface area contributed by atoms with Gasteiger partial charge in [-0.05, 0) is 36.2 Å². The Balaban J connectivity index is 1.97. The lowest BCUT2D eigenvalue weighted by Crippen LogP contribution is -2.03. The molecule has 3 heteroatoms. The molecule has 0 radical (unpaired) electrons. The minimum absolute atomic E-state index is 0.409. The molecule has 1 fully saturated rings.